The zero-order valence-electron chi connectivity index (χ0n) is 28.1. The van der Waals surface area contributed by atoms with Crippen LogP contribution in [0.1, 0.15) is 85.8 Å². The molecule has 2 saturated heterocycles. The highest BCUT2D eigenvalue weighted by atomic mass is 16.5. The molecule has 0 radical (unpaired) electrons. The Labute approximate surface area is 280 Å². The van der Waals surface area contributed by atoms with Gasteiger partial charge in [0.25, 0.3) is 0 Å². The summed E-state index contributed by atoms with van der Waals surface area (Å²) in [4.78, 5) is 69.5. The number of aryl methyl sites for hydroxylation is 4. The van der Waals surface area contributed by atoms with Crippen molar-refractivity contribution in [2.24, 2.45) is 0 Å². The lowest BCUT2D eigenvalue weighted by atomic mass is 10.0. The van der Waals surface area contributed by atoms with Crippen LogP contribution in [-0.2, 0) is 40.0 Å². The molecule has 0 bridgehead atoms. The van der Waals surface area contributed by atoms with Crippen molar-refractivity contribution in [1.82, 2.24) is 40.0 Å². The van der Waals surface area contributed by atoms with E-state index in [-0.39, 0.29) is 23.9 Å². The van der Waals surface area contributed by atoms with Crippen LogP contribution < -0.4 is 5.32 Å². The summed E-state index contributed by atoms with van der Waals surface area (Å²) < 4.78 is 4.62. The number of nitrogens with one attached hydrogen (secondary N) is 3. The van der Waals surface area contributed by atoms with Crippen molar-refractivity contribution >= 4 is 24.0 Å². The number of carboxylic acid groups (broad SMARTS) is 1. The summed E-state index contributed by atoms with van der Waals surface area (Å²) in [6, 6.07) is 6.82. The Hall–Kier alpha value is -4.88. The number of amides is 4. The average molecular weight is 663 g/mol. The van der Waals surface area contributed by atoms with Crippen LogP contribution in [0.5, 0.6) is 0 Å². The molecule has 48 heavy (non-hydrogen) atoms. The summed E-state index contributed by atoms with van der Waals surface area (Å²) in [7, 11) is 2.69. The standard InChI is InChI=1S/C34H46N8O6/c1-21(37-33(45)48-4)31(43)41-17-5-7-27(41)29-35-19-25(38-29)15-13-23-9-11-24(12-10-23)14-16-26-20-36-30(39-26)28-8-6-18-42(28)32(44)22(2)40(3)34(46)47/h9-12,19-22,27-28H,5-8,13-18H2,1-4H3,(H,35,38)(H,36,39)(H,37,45)(H,46,47)/t21-,22-,27-,28-/m0/s1. The van der Waals surface area contributed by atoms with Crippen molar-refractivity contribution in [3.8, 4) is 0 Å². The number of carbonyl (C=O) groups excluding carboxylic acids is 3. The molecule has 1 aromatic carbocycles. The maximum Gasteiger partial charge on any atom is 0.407 e. The molecular formula is C34H46N8O6. The molecule has 4 heterocycles. The lowest BCUT2D eigenvalue weighted by Gasteiger charge is -2.29. The molecule has 2 aliphatic heterocycles. The molecule has 0 unspecified atom stereocenters. The van der Waals surface area contributed by atoms with Crippen LogP contribution in [0, 0.1) is 0 Å². The van der Waals surface area contributed by atoms with E-state index in [1.807, 2.05) is 12.4 Å². The molecule has 3 aromatic rings. The van der Waals surface area contributed by atoms with Crippen molar-refractivity contribution < 1.29 is 29.0 Å². The molecule has 2 aliphatic rings. The second-order valence-corrected chi connectivity index (χ2v) is 12.7. The normalized spacial score (nSPS) is 18.8. The molecule has 5 rings (SSSR count). The minimum absolute atomic E-state index is 0.146. The van der Waals surface area contributed by atoms with Crippen LogP contribution in [0.2, 0.25) is 0 Å². The number of aromatic nitrogens is 4. The molecule has 0 spiro atoms. The van der Waals surface area contributed by atoms with E-state index >= 15 is 0 Å². The van der Waals surface area contributed by atoms with Gasteiger partial charge in [0.15, 0.2) is 0 Å². The largest absolute Gasteiger partial charge is 0.465 e. The number of likely N-dealkylation sites (N-methyl/N-ethyl adjacent to an activating group) is 1. The fourth-order valence-electron chi connectivity index (χ4n) is 6.52. The molecule has 14 nitrogen and oxygen atoms in total. The second-order valence-electron chi connectivity index (χ2n) is 12.7. The maximum atomic E-state index is 13.0. The SMILES string of the molecule is COC(=O)N[C@@H](C)C(=O)N1CCC[C@H]1c1ncc(CCc2ccc(CCc3cnc([C@@H]4CCCN4C(=O)[C@H](C)N(C)C(=O)O)[nH]3)cc2)[nH]1. The molecule has 2 fully saturated rings. The van der Waals surface area contributed by atoms with Gasteiger partial charge >= 0.3 is 12.2 Å². The third-order valence-electron chi connectivity index (χ3n) is 9.52. The van der Waals surface area contributed by atoms with Crippen LogP contribution in [-0.4, -0.2) is 103 Å². The summed E-state index contributed by atoms with van der Waals surface area (Å²) in [5.74, 6) is 1.15. The van der Waals surface area contributed by atoms with E-state index in [1.165, 1.54) is 25.3 Å². The highest BCUT2D eigenvalue weighted by Crippen LogP contribution is 2.32. The highest BCUT2D eigenvalue weighted by Gasteiger charge is 2.37. The van der Waals surface area contributed by atoms with Crippen molar-refractivity contribution in [1.29, 1.82) is 0 Å². The van der Waals surface area contributed by atoms with Gasteiger partial charge in [0.05, 0.1) is 19.2 Å². The second kappa shape index (κ2) is 15.3. The third kappa shape index (κ3) is 7.97. The van der Waals surface area contributed by atoms with Gasteiger partial charge in [-0.2, -0.15) is 0 Å². The van der Waals surface area contributed by atoms with Crippen molar-refractivity contribution in [2.45, 2.75) is 89.4 Å². The van der Waals surface area contributed by atoms with Gasteiger partial charge in [0.2, 0.25) is 11.8 Å². The van der Waals surface area contributed by atoms with Crippen LogP contribution in [0.3, 0.4) is 0 Å². The first-order chi connectivity index (χ1) is 23.0. The van der Waals surface area contributed by atoms with Gasteiger partial charge in [-0.25, -0.2) is 19.6 Å². The summed E-state index contributed by atoms with van der Waals surface area (Å²) >= 11 is 0. The van der Waals surface area contributed by atoms with E-state index in [4.69, 9.17) is 0 Å². The number of rotatable bonds is 12. The Morgan fingerprint density at radius 2 is 1.35 bits per heavy atom. The number of alkyl carbamates (subject to hydrolysis) is 1. The van der Waals surface area contributed by atoms with Gasteiger partial charge in [0.1, 0.15) is 23.7 Å². The monoisotopic (exact) mass is 662 g/mol. The molecule has 0 aliphatic carbocycles. The zero-order chi connectivity index (χ0) is 34.4. The van der Waals surface area contributed by atoms with E-state index < -0.39 is 24.3 Å². The zero-order valence-corrected chi connectivity index (χ0v) is 28.1. The van der Waals surface area contributed by atoms with E-state index in [0.29, 0.717) is 13.1 Å². The lowest BCUT2D eigenvalue weighted by Crippen LogP contribution is -2.47. The fraction of sp³-hybridized carbons (Fsp3) is 0.529. The minimum atomic E-state index is -1.13. The fourth-order valence-corrected chi connectivity index (χ4v) is 6.52. The first kappa shape index (κ1) is 34.5. The number of benzene rings is 1. The Bertz CT molecular complexity index is 1590. The predicted molar refractivity (Wildman–Crippen MR) is 176 cm³/mol. The number of hydrogen-bond acceptors (Lipinski definition) is 7. The number of methoxy groups -OCH3 is 1. The molecule has 2 aromatic heterocycles. The minimum Gasteiger partial charge on any atom is -0.465 e. The quantitative estimate of drug-likeness (QED) is 0.227. The Morgan fingerprint density at radius 1 is 0.875 bits per heavy atom. The molecule has 4 atom stereocenters. The van der Waals surface area contributed by atoms with Crippen molar-refractivity contribution in [3.05, 3.63) is 70.8 Å². The van der Waals surface area contributed by atoms with Gasteiger partial charge in [-0.15, -0.1) is 0 Å². The van der Waals surface area contributed by atoms with E-state index in [9.17, 15) is 24.3 Å². The Kier molecular flexibility index (Phi) is 11.0. The van der Waals surface area contributed by atoms with Gasteiger partial charge in [0, 0.05) is 43.9 Å². The predicted octanol–water partition coefficient (Wildman–Crippen LogP) is 3.77. The van der Waals surface area contributed by atoms with Crippen LogP contribution >= 0.6 is 0 Å². The van der Waals surface area contributed by atoms with E-state index in [0.717, 1.165) is 79.3 Å². The summed E-state index contributed by atoms with van der Waals surface area (Å²) in [6.07, 6.45) is 8.49. The number of nitrogens with zero attached hydrogens (tertiary/aromatic N) is 5. The smallest absolute Gasteiger partial charge is 0.407 e. The van der Waals surface area contributed by atoms with Crippen LogP contribution in [0.15, 0.2) is 36.7 Å². The van der Waals surface area contributed by atoms with E-state index in [2.05, 4.69) is 54.3 Å². The molecule has 4 amide bonds. The Morgan fingerprint density at radius 3 is 1.81 bits per heavy atom. The maximum absolute atomic E-state index is 13.0. The number of H-pyrrole nitrogens is 2. The van der Waals surface area contributed by atoms with Gasteiger partial charge in [-0.1, -0.05) is 24.3 Å². The van der Waals surface area contributed by atoms with Crippen LogP contribution in [0.4, 0.5) is 9.59 Å². The number of ether oxygens (including phenoxy) is 1. The number of carbonyl (C=O) groups is 4. The van der Waals surface area contributed by atoms with Crippen molar-refractivity contribution in [2.75, 3.05) is 27.2 Å². The van der Waals surface area contributed by atoms with Gasteiger partial charge < -0.3 is 34.9 Å². The van der Waals surface area contributed by atoms with Crippen molar-refractivity contribution in [3.63, 3.8) is 0 Å². The van der Waals surface area contributed by atoms with Gasteiger partial charge in [-0.3, -0.25) is 14.5 Å². The number of aromatic amines is 2. The van der Waals surface area contributed by atoms with E-state index in [1.54, 1.807) is 23.6 Å². The third-order valence-corrected chi connectivity index (χ3v) is 9.52. The summed E-state index contributed by atoms with van der Waals surface area (Å²) in [6.45, 7) is 4.48. The van der Waals surface area contributed by atoms with Gasteiger partial charge in [-0.05, 0) is 76.3 Å². The summed E-state index contributed by atoms with van der Waals surface area (Å²) in [5.41, 5.74) is 4.43. The first-order valence-electron chi connectivity index (χ1n) is 16.6. The topological polar surface area (TPSA) is 177 Å². The number of likely N-dealkylation sites (tertiary alicyclic amines) is 2. The van der Waals surface area contributed by atoms with Crippen LogP contribution in [0.25, 0.3) is 0 Å². The molecule has 4 N–H and O–H groups in total. The molecule has 14 heteroatoms. The average Bonchev–Trinajstić information content (AvgIpc) is 3.92. The first-order valence-corrected chi connectivity index (χ1v) is 16.6. The lowest BCUT2D eigenvalue weighted by molar-refractivity contribution is -0.136. The highest BCUT2D eigenvalue weighted by molar-refractivity contribution is 5.86. The molecular weight excluding hydrogens is 616 g/mol. The molecule has 258 valence electrons. The molecule has 0 saturated carbocycles. The Balaban J connectivity index is 1.10. The number of hydrogen-bond donors (Lipinski definition) is 4. The summed E-state index contributed by atoms with van der Waals surface area (Å²) in [5, 5.41) is 11.8. The number of imidazole rings is 2.